The Labute approximate surface area is 113 Å². The van der Waals surface area contributed by atoms with Crippen LogP contribution in [0.5, 0.6) is 0 Å². The molecule has 0 aromatic heterocycles. The molecule has 0 unspecified atom stereocenters. The molecule has 0 atom stereocenters. The standard InChI is InChI=1S/C14H21N3O2/c1-17(2)13(19)10-3-4-12(11(15)7-10)16-8-14(9-18)5-6-14/h3-4,7,16,18H,5-6,8-9,15H2,1-2H3. The third-order valence-electron chi connectivity index (χ3n) is 3.65. The second-order valence-corrected chi connectivity index (χ2v) is 5.51. The molecule has 0 radical (unpaired) electrons. The molecule has 19 heavy (non-hydrogen) atoms. The maximum absolute atomic E-state index is 11.8. The van der Waals surface area contributed by atoms with E-state index in [0.717, 1.165) is 18.5 Å². The molecular formula is C14H21N3O2. The van der Waals surface area contributed by atoms with E-state index in [2.05, 4.69) is 5.32 Å². The molecule has 0 bridgehead atoms. The lowest BCUT2D eigenvalue weighted by Crippen LogP contribution is -2.22. The van der Waals surface area contributed by atoms with Gasteiger partial charge in [0.25, 0.3) is 5.91 Å². The number of aliphatic hydroxyl groups is 1. The van der Waals surface area contributed by atoms with Gasteiger partial charge in [-0.1, -0.05) is 0 Å². The monoisotopic (exact) mass is 263 g/mol. The highest BCUT2D eigenvalue weighted by atomic mass is 16.3. The lowest BCUT2D eigenvalue weighted by molar-refractivity contribution is 0.0827. The summed E-state index contributed by atoms with van der Waals surface area (Å²) in [5.74, 6) is -0.0627. The molecule has 1 saturated carbocycles. The summed E-state index contributed by atoms with van der Waals surface area (Å²) in [6.45, 7) is 0.922. The summed E-state index contributed by atoms with van der Waals surface area (Å²) in [7, 11) is 3.42. The van der Waals surface area contributed by atoms with E-state index >= 15 is 0 Å². The molecule has 1 aliphatic rings. The Bertz CT molecular complexity index is 482. The number of carbonyl (C=O) groups is 1. The summed E-state index contributed by atoms with van der Waals surface area (Å²) >= 11 is 0. The Morgan fingerprint density at radius 2 is 2.16 bits per heavy atom. The normalized spacial score (nSPS) is 15.9. The van der Waals surface area contributed by atoms with Gasteiger partial charge < -0.3 is 21.1 Å². The molecule has 1 aromatic carbocycles. The van der Waals surface area contributed by atoms with Crippen molar-refractivity contribution in [3.05, 3.63) is 23.8 Å². The summed E-state index contributed by atoms with van der Waals surface area (Å²) in [6.07, 6.45) is 2.10. The van der Waals surface area contributed by atoms with E-state index < -0.39 is 0 Å². The summed E-state index contributed by atoms with van der Waals surface area (Å²) in [6, 6.07) is 5.27. The number of rotatable bonds is 5. The Balaban J connectivity index is 2.05. The molecule has 1 fully saturated rings. The van der Waals surface area contributed by atoms with Gasteiger partial charge in [0.05, 0.1) is 18.0 Å². The van der Waals surface area contributed by atoms with Gasteiger partial charge in [-0.05, 0) is 31.0 Å². The van der Waals surface area contributed by atoms with Crippen LogP contribution in [0.15, 0.2) is 18.2 Å². The predicted molar refractivity (Wildman–Crippen MR) is 76.1 cm³/mol. The Morgan fingerprint density at radius 3 is 2.63 bits per heavy atom. The van der Waals surface area contributed by atoms with Crippen LogP contribution < -0.4 is 11.1 Å². The van der Waals surface area contributed by atoms with Crippen LogP contribution in [0.4, 0.5) is 11.4 Å². The number of carbonyl (C=O) groups excluding carboxylic acids is 1. The average Bonchev–Trinajstić information content (AvgIpc) is 3.17. The minimum atomic E-state index is -0.0627. The van der Waals surface area contributed by atoms with E-state index in [0.29, 0.717) is 17.8 Å². The van der Waals surface area contributed by atoms with Crippen molar-refractivity contribution in [3.63, 3.8) is 0 Å². The zero-order valence-electron chi connectivity index (χ0n) is 11.4. The molecule has 0 heterocycles. The van der Waals surface area contributed by atoms with Crippen molar-refractivity contribution in [2.45, 2.75) is 12.8 Å². The first-order chi connectivity index (χ1) is 8.97. The average molecular weight is 263 g/mol. The lowest BCUT2D eigenvalue weighted by Gasteiger charge is -2.16. The number of amides is 1. The van der Waals surface area contributed by atoms with Crippen LogP contribution in [0.3, 0.4) is 0 Å². The maximum Gasteiger partial charge on any atom is 0.253 e. The molecule has 1 amide bonds. The predicted octanol–water partition coefficient (Wildman–Crippen LogP) is 1.16. The number of nitrogens with zero attached hydrogens (tertiary/aromatic N) is 1. The van der Waals surface area contributed by atoms with E-state index in [1.165, 1.54) is 4.90 Å². The van der Waals surface area contributed by atoms with Crippen molar-refractivity contribution < 1.29 is 9.90 Å². The van der Waals surface area contributed by atoms with Crippen LogP contribution in [0, 0.1) is 5.41 Å². The highest BCUT2D eigenvalue weighted by Gasteiger charge is 2.41. The first kappa shape index (κ1) is 13.7. The van der Waals surface area contributed by atoms with Crippen LogP contribution in [0.25, 0.3) is 0 Å². The Morgan fingerprint density at radius 1 is 1.47 bits per heavy atom. The van der Waals surface area contributed by atoms with Gasteiger partial charge in [0.2, 0.25) is 0 Å². The van der Waals surface area contributed by atoms with Gasteiger partial charge in [0.1, 0.15) is 0 Å². The number of anilines is 2. The molecule has 4 N–H and O–H groups in total. The SMILES string of the molecule is CN(C)C(=O)c1ccc(NCC2(CO)CC2)c(N)c1. The van der Waals surface area contributed by atoms with Gasteiger partial charge in [-0.15, -0.1) is 0 Å². The van der Waals surface area contributed by atoms with Gasteiger partial charge >= 0.3 is 0 Å². The molecule has 5 nitrogen and oxygen atoms in total. The number of aliphatic hydroxyl groups excluding tert-OH is 1. The quantitative estimate of drug-likeness (QED) is 0.696. The van der Waals surface area contributed by atoms with Crippen LogP contribution in [-0.4, -0.2) is 43.2 Å². The molecule has 1 aromatic rings. The smallest absolute Gasteiger partial charge is 0.253 e. The van der Waals surface area contributed by atoms with Gasteiger partial charge in [0.15, 0.2) is 0 Å². The summed E-state index contributed by atoms with van der Waals surface area (Å²) in [5.41, 5.74) is 7.94. The lowest BCUT2D eigenvalue weighted by atomic mass is 10.1. The van der Waals surface area contributed by atoms with Crippen molar-refractivity contribution in [1.29, 1.82) is 0 Å². The minimum Gasteiger partial charge on any atom is -0.397 e. The van der Waals surface area contributed by atoms with E-state index in [9.17, 15) is 9.90 Å². The second-order valence-electron chi connectivity index (χ2n) is 5.51. The maximum atomic E-state index is 11.8. The highest BCUT2D eigenvalue weighted by Crippen LogP contribution is 2.45. The molecule has 0 spiro atoms. The fraction of sp³-hybridized carbons (Fsp3) is 0.500. The number of hydrogen-bond donors (Lipinski definition) is 3. The zero-order chi connectivity index (χ0) is 14.0. The van der Waals surface area contributed by atoms with Crippen molar-refractivity contribution >= 4 is 17.3 Å². The third kappa shape index (κ3) is 2.98. The third-order valence-corrected chi connectivity index (χ3v) is 3.65. The van der Waals surface area contributed by atoms with Gasteiger partial charge in [-0.25, -0.2) is 0 Å². The first-order valence-electron chi connectivity index (χ1n) is 6.43. The highest BCUT2D eigenvalue weighted by molar-refractivity contribution is 5.95. The fourth-order valence-electron chi connectivity index (χ4n) is 1.97. The topological polar surface area (TPSA) is 78.6 Å². The Hall–Kier alpha value is -1.75. The molecule has 1 aliphatic carbocycles. The second kappa shape index (κ2) is 5.09. The first-order valence-corrected chi connectivity index (χ1v) is 6.43. The number of benzene rings is 1. The number of nitrogen functional groups attached to an aromatic ring is 1. The number of nitrogens with one attached hydrogen (secondary N) is 1. The van der Waals surface area contributed by atoms with Crippen LogP contribution in [0.2, 0.25) is 0 Å². The molecule has 5 heteroatoms. The van der Waals surface area contributed by atoms with Crippen LogP contribution >= 0.6 is 0 Å². The van der Waals surface area contributed by atoms with Crippen LogP contribution in [-0.2, 0) is 0 Å². The van der Waals surface area contributed by atoms with Crippen molar-refractivity contribution in [2.24, 2.45) is 5.41 Å². The molecule has 0 saturated heterocycles. The van der Waals surface area contributed by atoms with Gasteiger partial charge in [-0.3, -0.25) is 4.79 Å². The number of nitrogens with two attached hydrogens (primary N) is 1. The van der Waals surface area contributed by atoms with E-state index in [-0.39, 0.29) is 17.9 Å². The van der Waals surface area contributed by atoms with Crippen molar-refractivity contribution in [2.75, 3.05) is 38.3 Å². The molecule has 104 valence electrons. The van der Waals surface area contributed by atoms with E-state index in [4.69, 9.17) is 5.73 Å². The van der Waals surface area contributed by atoms with Crippen molar-refractivity contribution in [3.8, 4) is 0 Å². The zero-order valence-corrected chi connectivity index (χ0v) is 11.4. The summed E-state index contributed by atoms with van der Waals surface area (Å²) in [5, 5.41) is 12.5. The largest absolute Gasteiger partial charge is 0.397 e. The van der Waals surface area contributed by atoms with Crippen LogP contribution in [0.1, 0.15) is 23.2 Å². The minimum absolute atomic E-state index is 0.0323. The summed E-state index contributed by atoms with van der Waals surface area (Å²) < 4.78 is 0. The van der Waals surface area contributed by atoms with Gasteiger partial charge in [0, 0.05) is 31.6 Å². The molecular weight excluding hydrogens is 242 g/mol. The van der Waals surface area contributed by atoms with Crippen molar-refractivity contribution in [1.82, 2.24) is 4.90 Å². The molecule has 2 rings (SSSR count). The van der Waals surface area contributed by atoms with E-state index in [1.54, 1.807) is 26.2 Å². The molecule has 0 aliphatic heterocycles. The fourth-order valence-corrected chi connectivity index (χ4v) is 1.97. The van der Waals surface area contributed by atoms with E-state index in [1.807, 2.05) is 6.07 Å². The summed E-state index contributed by atoms with van der Waals surface area (Å²) in [4.78, 5) is 13.3. The number of hydrogen-bond acceptors (Lipinski definition) is 4. The Kier molecular flexibility index (Phi) is 3.66. The van der Waals surface area contributed by atoms with Gasteiger partial charge in [-0.2, -0.15) is 0 Å².